The molecule has 78 valence electrons. The van der Waals surface area contributed by atoms with Crippen LogP contribution >= 0.6 is 0 Å². The van der Waals surface area contributed by atoms with Gasteiger partial charge in [0.1, 0.15) is 0 Å². The van der Waals surface area contributed by atoms with E-state index < -0.39 is 0 Å². The molecule has 1 rings (SSSR count). The summed E-state index contributed by atoms with van der Waals surface area (Å²) in [4.78, 5) is 0. The number of hydrogen-bond acceptors (Lipinski definition) is 2. The Morgan fingerprint density at radius 3 is 2.62 bits per heavy atom. The minimum Gasteiger partial charge on any atom is -0.396 e. The van der Waals surface area contributed by atoms with E-state index in [4.69, 9.17) is 5.11 Å². The topological polar surface area (TPSA) is 32.3 Å². The highest BCUT2D eigenvalue weighted by atomic mass is 16.3. The Kier molecular flexibility index (Phi) is 4.20. The third-order valence-electron chi connectivity index (χ3n) is 2.82. The van der Waals surface area contributed by atoms with Crippen LogP contribution in [0.3, 0.4) is 0 Å². The molecule has 2 N–H and O–H groups in total. The van der Waals surface area contributed by atoms with Crippen LogP contribution in [0.25, 0.3) is 0 Å². The molecule has 1 saturated carbocycles. The Bertz CT molecular complexity index is 141. The summed E-state index contributed by atoms with van der Waals surface area (Å²) in [7, 11) is 0. The van der Waals surface area contributed by atoms with Crippen LogP contribution in [0.2, 0.25) is 0 Å². The van der Waals surface area contributed by atoms with Crippen LogP contribution in [0.5, 0.6) is 0 Å². The number of aliphatic hydroxyl groups excluding tert-OH is 1. The van der Waals surface area contributed by atoms with E-state index >= 15 is 0 Å². The summed E-state index contributed by atoms with van der Waals surface area (Å²) in [6.07, 6.45) is 5.13. The molecule has 0 unspecified atom stereocenters. The van der Waals surface area contributed by atoms with Crippen molar-refractivity contribution in [2.24, 2.45) is 11.3 Å². The lowest BCUT2D eigenvalue weighted by Gasteiger charge is -2.23. The van der Waals surface area contributed by atoms with E-state index in [2.05, 4.69) is 19.2 Å². The molecule has 0 aromatic carbocycles. The van der Waals surface area contributed by atoms with Gasteiger partial charge < -0.3 is 10.4 Å². The maximum atomic E-state index is 8.83. The molecule has 13 heavy (non-hydrogen) atoms. The number of aliphatic hydroxyl groups is 1. The average Bonchev–Trinajstić information content (AvgIpc) is 2.81. The SMILES string of the molecule is CC(C)(CCO)CNCCC1CC1. The van der Waals surface area contributed by atoms with E-state index in [1.807, 2.05) is 0 Å². The molecule has 0 aromatic heterocycles. The lowest BCUT2D eigenvalue weighted by Crippen LogP contribution is -2.31. The number of nitrogens with one attached hydrogen (secondary N) is 1. The molecule has 0 atom stereocenters. The van der Waals surface area contributed by atoms with Crippen LogP contribution in [0.15, 0.2) is 0 Å². The minimum absolute atomic E-state index is 0.248. The smallest absolute Gasteiger partial charge is 0.0436 e. The zero-order valence-electron chi connectivity index (χ0n) is 8.97. The predicted octanol–water partition coefficient (Wildman–Crippen LogP) is 1.78. The Labute approximate surface area is 81.7 Å². The second kappa shape index (κ2) is 4.97. The summed E-state index contributed by atoms with van der Waals surface area (Å²) >= 11 is 0. The van der Waals surface area contributed by atoms with Gasteiger partial charge in [-0.2, -0.15) is 0 Å². The Hall–Kier alpha value is -0.0800. The molecule has 1 fully saturated rings. The fourth-order valence-electron chi connectivity index (χ4n) is 1.53. The molecule has 1 aliphatic rings. The van der Waals surface area contributed by atoms with Crippen LogP contribution in [0.4, 0.5) is 0 Å². The van der Waals surface area contributed by atoms with E-state index in [0.29, 0.717) is 6.61 Å². The molecule has 1 aliphatic carbocycles. The van der Waals surface area contributed by atoms with Gasteiger partial charge in [-0.1, -0.05) is 26.7 Å². The van der Waals surface area contributed by atoms with Gasteiger partial charge in [0.05, 0.1) is 0 Å². The van der Waals surface area contributed by atoms with Crippen LogP contribution in [0, 0.1) is 11.3 Å². The van der Waals surface area contributed by atoms with Gasteiger partial charge in [0.2, 0.25) is 0 Å². The predicted molar refractivity (Wildman–Crippen MR) is 55.7 cm³/mol. The van der Waals surface area contributed by atoms with Crippen molar-refractivity contribution >= 4 is 0 Å². The molecule has 0 radical (unpaired) electrons. The molecule has 0 aromatic rings. The standard InChI is InChI=1S/C11H23NO/c1-11(2,6-8-13)9-12-7-5-10-3-4-10/h10,12-13H,3-9H2,1-2H3. The lowest BCUT2D eigenvalue weighted by atomic mass is 9.90. The van der Waals surface area contributed by atoms with Gasteiger partial charge >= 0.3 is 0 Å². The maximum Gasteiger partial charge on any atom is 0.0436 e. The highest BCUT2D eigenvalue weighted by Crippen LogP contribution is 2.31. The molecule has 0 heterocycles. The van der Waals surface area contributed by atoms with Crippen LogP contribution in [-0.2, 0) is 0 Å². The first-order valence-electron chi connectivity index (χ1n) is 5.46. The van der Waals surface area contributed by atoms with E-state index in [1.54, 1.807) is 0 Å². The summed E-state index contributed by atoms with van der Waals surface area (Å²) in [6.45, 7) is 6.89. The van der Waals surface area contributed by atoms with E-state index in [1.165, 1.54) is 19.3 Å². The van der Waals surface area contributed by atoms with Gasteiger partial charge in [0.15, 0.2) is 0 Å². The fourth-order valence-corrected chi connectivity index (χ4v) is 1.53. The normalized spacial score (nSPS) is 17.8. The van der Waals surface area contributed by atoms with Crippen molar-refractivity contribution in [3.05, 3.63) is 0 Å². The Morgan fingerprint density at radius 1 is 1.38 bits per heavy atom. The van der Waals surface area contributed by atoms with Gasteiger partial charge in [-0.05, 0) is 30.7 Å². The quantitative estimate of drug-likeness (QED) is 0.593. The zero-order valence-corrected chi connectivity index (χ0v) is 8.97. The average molecular weight is 185 g/mol. The molecule has 2 heteroatoms. The van der Waals surface area contributed by atoms with Crippen LogP contribution in [-0.4, -0.2) is 24.8 Å². The first-order valence-corrected chi connectivity index (χ1v) is 5.46. The Balaban J connectivity index is 1.95. The first kappa shape index (κ1) is 11.0. The second-order valence-corrected chi connectivity index (χ2v) is 5.05. The van der Waals surface area contributed by atoms with Crippen molar-refractivity contribution in [2.45, 2.75) is 39.5 Å². The second-order valence-electron chi connectivity index (χ2n) is 5.05. The first-order chi connectivity index (χ1) is 6.14. The van der Waals surface area contributed by atoms with Crippen molar-refractivity contribution in [1.29, 1.82) is 0 Å². The molecule has 2 nitrogen and oxygen atoms in total. The molecule has 0 bridgehead atoms. The highest BCUT2D eigenvalue weighted by Gasteiger charge is 2.21. The zero-order chi connectivity index (χ0) is 9.73. The molecular weight excluding hydrogens is 162 g/mol. The largest absolute Gasteiger partial charge is 0.396 e. The monoisotopic (exact) mass is 185 g/mol. The van der Waals surface area contributed by atoms with Crippen LogP contribution < -0.4 is 5.32 Å². The summed E-state index contributed by atoms with van der Waals surface area (Å²) in [5.41, 5.74) is 0.248. The van der Waals surface area contributed by atoms with Crippen molar-refractivity contribution < 1.29 is 5.11 Å². The van der Waals surface area contributed by atoms with E-state index in [0.717, 1.165) is 25.4 Å². The summed E-state index contributed by atoms with van der Waals surface area (Å²) in [5.74, 6) is 1.02. The van der Waals surface area contributed by atoms with Gasteiger partial charge in [0.25, 0.3) is 0 Å². The number of hydrogen-bond donors (Lipinski definition) is 2. The highest BCUT2D eigenvalue weighted by molar-refractivity contribution is 4.75. The molecule has 0 amide bonds. The summed E-state index contributed by atoms with van der Waals surface area (Å²) in [6, 6.07) is 0. The Morgan fingerprint density at radius 2 is 2.08 bits per heavy atom. The maximum absolute atomic E-state index is 8.83. The summed E-state index contributed by atoms with van der Waals surface area (Å²) in [5, 5.41) is 12.3. The van der Waals surface area contributed by atoms with Crippen molar-refractivity contribution in [1.82, 2.24) is 5.32 Å². The minimum atomic E-state index is 0.248. The van der Waals surface area contributed by atoms with Crippen LogP contribution in [0.1, 0.15) is 39.5 Å². The summed E-state index contributed by atoms with van der Waals surface area (Å²) < 4.78 is 0. The van der Waals surface area contributed by atoms with Crippen molar-refractivity contribution in [2.75, 3.05) is 19.7 Å². The van der Waals surface area contributed by atoms with Gasteiger partial charge in [-0.25, -0.2) is 0 Å². The molecule has 0 saturated heterocycles. The lowest BCUT2D eigenvalue weighted by molar-refractivity contribution is 0.207. The molecular formula is C11H23NO. The third kappa shape index (κ3) is 5.27. The molecule has 0 spiro atoms. The van der Waals surface area contributed by atoms with E-state index in [9.17, 15) is 0 Å². The third-order valence-corrected chi connectivity index (χ3v) is 2.82. The van der Waals surface area contributed by atoms with Gasteiger partial charge in [-0.15, -0.1) is 0 Å². The van der Waals surface area contributed by atoms with Gasteiger partial charge in [-0.3, -0.25) is 0 Å². The number of rotatable bonds is 7. The van der Waals surface area contributed by atoms with Crippen molar-refractivity contribution in [3.8, 4) is 0 Å². The van der Waals surface area contributed by atoms with Crippen molar-refractivity contribution in [3.63, 3.8) is 0 Å². The fraction of sp³-hybridized carbons (Fsp3) is 1.00. The molecule has 0 aliphatic heterocycles. The van der Waals surface area contributed by atoms with E-state index in [-0.39, 0.29) is 5.41 Å². The van der Waals surface area contributed by atoms with Gasteiger partial charge in [0, 0.05) is 13.2 Å².